The van der Waals surface area contributed by atoms with Crippen LogP contribution in [-0.2, 0) is 7.05 Å². The number of nitrogens with zero attached hydrogens (tertiary/aromatic N) is 2. The number of aromatic carboxylic acids is 1. The number of rotatable bonds is 3. The first kappa shape index (κ1) is 13.3. The molecule has 1 N–H and O–H groups in total. The maximum Gasteiger partial charge on any atom is 0.339 e. The molecule has 0 bridgehead atoms. The standard InChI is InChI=1S/C12H9BrN2O4/c1-15-5-4-14-10(11(15)16)19-9-6-7(13)2-3-8(9)12(17)18/h2-6H,1H3,(H,17,18). The van der Waals surface area contributed by atoms with Crippen LogP contribution in [0.15, 0.2) is 39.9 Å². The summed E-state index contributed by atoms with van der Waals surface area (Å²) in [6.45, 7) is 0. The number of carbonyl (C=O) groups is 1. The average molecular weight is 325 g/mol. The molecule has 0 aliphatic rings. The van der Waals surface area contributed by atoms with Crippen molar-refractivity contribution in [2.24, 2.45) is 7.05 Å². The highest BCUT2D eigenvalue weighted by Crippen LogP contribution is 2.26. The van der Waals surface area contributed by atoms with Gasteiger partial charge in [0.15, 0.2) is 0 Å². The van der Waals surface area contributed by atoms with Gasteiger partial charge in [0.1, 0.15) is 11.3 Å². The molecule has 0 atom stereocenters. The minimum Gasteiger partial charge on any atom is -0.478 e. The molecule has 0 spiro atoms. The number of carboxylic acids is 1. The Labute approximate surface area is 116 Å². The second-order valence-electron chi connectivity index (χ2n) is 3.70. The minimum absolute atomic E-state index is 0.0455. The number of aryl methyl sites for hydroxylation is 1. The predicted molar refractivity (Wildman–Crippen MR) is 70.7 cm³/mol. The Hall–Kier alpha value is -2.15. The Morgan fingerprint density at radius 2 is 2.21 bits per heavy atom. The summed E-state index contributed by atoms with van der Waals surface area (Å²) < 4.78 is 7.24. The second-order valence-corrected chi connectivity index (χ2v) is 4.61. The van der Waals surface area contributed by atoms with Gasteiger partial charge in [-0.1, -0.05) is 15.9 Å². The van der Waals surface area contributed by atoms with Gasteiger partial charge < -0.3 is 14.4 Å². The average Bonchev–Trinajstić information content (AvgIpc) is 2.35. The van der Waals surface area contributed by atoms with E-state index in [1.54, 1.807) is 13.1 Å². The van der Waals surface area contributed by atoms with Crippen LogP contribution in [0.2, 0.25) is 0 Å². The Bertz CT molecular complexity index is 696. The molecule has 19 heavy (non-hydrogen) atoms. The molecular weight excluding hydrogens is 316 g/mol. The summed E-state index contributed by atoms with van der Waals surface area (Å²) in [5, 5.41) is 9.06. The van der Waals surface area contributed by atoms with E-state index in [9.17, 15) is 9.59 Å². The summed E-state index contributed by atoms with van der Waals surface area (Å²) in [5.41, 5.74) is -0.491. The highest BCUT2D eigenvalue weighted by Gasteiger charge is 2.14. The summed E-state index contributed by atoms with van der Waals surface area (Å²) in [5.74, 6) is -1.27. The maximum atomic E-state index is 11.8. The number of hydrogen-bond acceptors (Lipinski definition) is 4. The van der Waals surface area contributed by atoms with Gasteiger partial charge in [0, 0.05) is 23.9 Å². The van der Waals surface area contributed by atoms with Crippen LogP contribution in [0.3, 0.4) is 0 Å². The van der Waals surface area contributed by atoms with Crippen molar-refractivity contribution < 1.29 is 14.6 Å². The Kier molecular flexibility index (Phi) is 3.66. The van der Waals surface area contributed by atoms with Gasteiger partial charge in [0.25, 0.3) is 5.88 Å². The number of hydrogen-bond donors (Lipinski definition) is 1. The summed E-state index contributed by atoms with van der Waals surface area (Å²) >= 11 is 3.22. The van der Waals surface area contributed by atoms with Crippen molar-refractivity contribution in [2.75, 3.05) is 0 Å². The van der Waals surface area contributed by atoms with Gasteiger partial charge in [-0.2, -0.15) is 0 Å². The third-order valence-electron chi connectivity index (χ3n) is 2.37. The summed E-state index contributed by atoms with van der Waals surface area (Å²) in [6, 6.07) is 4.43. The Balaban J connectivity index is 2.48. The molecule has 2 aromatic rings. The van der Waals surface area contributed by atoms with E-state index in [1.165, 1.54) is 29.1 Å². The predicted octanol–water partition coefficient (Wildman–Crippen LogP) is 2.03. The Morgan fingerprint density at radius 3 is 2.89 bits per heavy atom. The largest absolute Gasteiger partial charge is 0.478 e. The number of halogens is 1. The zero-order valence-electron chi connectivity index (χ0n) is 9.83. The van der Waals surface area contributed by atoms with Crippen molar-refractivity contribution in [1.82, 2.24) is 9.55 Å². The van der Waals surface area contributed by atoms with Gasteiger partial charge in [0.05, 0.1) is 0 Å². The number of aromatic nitrogens is 2. The van der Waals surface area contributed by atoms with Gasteiger partial charge in [0.2, 0.25) is 0 Å². The van der Waals surface area contributed by atoms with Crippen LogP contribution in [0.5, 0.6) is 11.6 Å². The lowest BCUT2D eigenvalue weighted by molar-refractivity contribution is 0.0694. The summed E-state index contributed by atoms with van der Waals surface area (Å²) in [6.07, 6.45) is 2.88. The number of carboxylic acid groups (broad SMARTS) is 1. The lowest BCUT2D eigenvalue weighted by Gasteiger charge is -2.08. The maximum absolute atomic E-state index is 11.8. The van der Waals surface area contributed by atoms with E-state index in [0.717, 1.165) is 0 Å². The van der Waals surface area contributed by atoms with E-state index < -0.39 is 11.5 Å². The molecular formula is C12H9BrN2O4. The third-order valence-corrected chi connectivity index (χ3v) is 2.86. The third kappa shape index (κ3) is 2.82. The van der Waals surface area contributed by atoms with E-state index >= 15 is 0 Å². The molecule has 1 aromatic carbocycles. The molecule has 1 heterocycles. The van der Waals surface area contributed by atoms with Crippen LogP contribution in [0.1, 0.15) is 10.4 Å². The molecule has 0 unspecified atom stereocenters. The zero-order chi connectivity index (χ0) is 14.0. The van der Waals surface area contributed by atoms with E-state index in [1.807, 2.05) is 0 Å². The fourth-order valence-corrected chi connectivity index (χ4v) is 1.75. The monoisotopic (exact) mass is 324 g/mol. The molecule has 0 aliphatic heterocycles. The fraction of sp³-hybridized carbons (Fsp3) is 0.0833. The lowest BCUT2D eigenvalue weighted by Crippen LogP contribution is -2.18. The molecule has 2 rings (SSSR count). The van der Waals surface area contributed by atoms with Crippen molar-refractivity contribution >= 4 is 21.9 Å². The van der Waals surface area contributed by atoms with Crippen LogP contribution in [0, 0.1) is 0 Å². The molecule has 6 nitrogen and oxygen atoms in total. The van der Waals surface area contributed by atoms with E-state index in [0.29, 0.717) is 4.47 Å². The molecule has 0 saturated heterocycles. The van der Waals surface area contributed by atoms with Crippen LogP contribution in [0.25, 0.3) is 0 Å². The normalized spacial score (nSPS) is 10.2. The molecule has 1 aromatic heterocycles. The van der Waals surface area contributed by atoms with Gasteiger partial charge in [-0.15, -0.1) is 0 Å². The van der Waals surface area contributed by atoms with Gasteiger partial charge >= 0.3 is 11.5 Å². The van der Waals surface area contributed by atoms with Crippen LogP contribution in [-0.4, -0.2) is 20.6 Å². The quantitative estimate of drug-likeness (QED) is 0.934. The molecule has 0 aliphatic carbocycles. The topological polar surface area (TPSA) is 81.4 Å². The van der Waals surface area contributed by atoms with Crippen molar-refractivity contribution in [2.45, 2.75) is 0 Å². The highest BCUT2D eigenvalue weighted by atomic mass is 79.9. The van der Waals surface area contributed by atoms with E-state index in [-0.39, 0.29) is 17.2 Å². The SMILES string of the molecule is Cn1ccnc(Oc2cc(Br)ccc2C(=O)O)c1=O. The van der Waals surface area contributed by atoms with Crippen molar-refractivity contribution in [3.05, 3.63) is 51.0 Å². The highest BCUT2D eigenvalue weighted by molar-refractivity contribution is 9.10. The number of ether oxygens (including phenoxy) is 1. The van der Waals surface area contributed by atoms with Gasteiger partial charge in [-0.3, -0.25) is 4.79 Å². The Morgan fingerprint density at radius 1 is 1.47 bits per heavy atom. The first-order chi connectivity index (χ1) is 8.99. The summed E-state index contributed by atoms with van der Waals surface area (Å²) in [7, 11) is 1.55. The van der Waals surface area contributed by atoms with Gasteiger partial charge in [-0.05, 0) is 18.2 Å². The van der Waals surface area contributed by atoms with E-state index in [4.69, 9.17) is 9.84 Å². The smallest absolute Gasteiger partial charge is 0.339 e. The molecule has 0 fully saturated rings. The summed E-state index contributed by atoms with van der Waals surface area (Å²) in [4.78, 5) is 26.6. The lowest BCUT2D eigenvalue weighted by atomic mass is 10.2. The van der Waals surface area contributed by atoms with Crippen LogP contribution in [0.4, 0.5) is 0 Å². The minimum atomic E-state index is -1.14. The molecule has 7 heteroatoms. The van der Waals surface area contributed by atoms with Crippen molar-refractivity contribution in [3.63, 3.8) is 0 Å². The fourth-order valence-electron chi connectivity index (χ4n) is 1.41. The second kappa shape index (κ2) is 5.23. The first-order valence-electron chi connectivity index (χ1n) is 5.21. The van der Waals surface area contributed by atoms with Crippen LogP contribution < -0.4 is 10.3 Å². The van der Waals surface area contributed by atoms with Crippen molar-refractivity contribution in [1.29, 1.82) is 0 Å². The zero-order valence-corrected chi connectivity index (χ0v) is 11.4. The molecule has 0 amide bonds. The molecule has 0 saturated carbocycles. The molecule has 0 radical (unpaired) electrons. The van der Waals surface area contributed by atoms with Crippen molar-refractivity contribution in [3.8, 4) is 11.6 Å². The van der Waals surface area contributed by atoms with Gasteiger partial charge in [-0.25, -0.2) is 9.78 Å². The van der Waals surface area contributed by atoms with Crippen LogP contribution >= 0.6 is 15.9 Å². The molecule has 98 valence electrons. The van der Waals surface area contributed by atoms with E-state index in [2.05, 4.69) is 20.9 Å². The number of benzene rings is 1. The first-order valence-corrected chi connectivity index (χ1v) is 6.00.